The van der Waals surface area contributed by atoms with Crippen LogP contribution in [0.2, 0.25) is 5.02 Å². The van der Waals surface area contributed by atoms with E-state index in [1.54, 1.807) is 13.0 Å². The number of phenols is 1. The van der Waals surface area contributed by atoms with Gasteiger partial charge in [-0.15, -0.1) is 0 Å². The van der Waals surface area contributed by atoms with E-state index in [1.807, 2.05) is 54.8 Å². The van der Waals surface area contributed by atoms with Gasteiger partial charge in [-0.25, -0.2) is 4.79 Å². The third-order valence-electron chi connectivity index (χ3n) is 4.54. The fourth-order valence-corrected chi connectivity index (χ4v) is 4.12. The van der Waals surface area contributed by atoms with E-state index in [1.165, 1.54) is 0 Å². The number of hydrogen-bond acceptors (Lipinski definition) is 4. The van der Waals surface area contributed by atoms with E-state index in [0.29, 0.717) is 32.6 Å². The second-order valence-corrected chi connectivity index (χ2v) is 8.10. The number of phenolic OH excluding ortho intramolecular Hbond substituents is 1. The average molecular weight is 466 g/mol. The minimum Gasteiger partial charge on any atom is -0.506 e. The van der Waals surface area contributed by atoms with E-state index in [9.17, 15) is 9.90 Å². The lowest BCUT2D eigenvalue weighted by atomic mass is 10.0. The molecule has 3 rings (SSSR count). The molecule has 0 spiro atoms. The zero-order chi connectivity index (χ0) is 20.6. The van der Waals surface area contributed by atoms with E-state index in [2.05, 4.69) is 15.9 Å². The molecule has 1 aromatic heterocycles. The number of fused-ring (bicyclic) bond motifs is 1. The van der Waals surface area contributed by atoms with Crippen molar-refractivity contribution in [1.29, 1.82) is 0 Å². The molecule has 148 valence electrons. The molecule has 0 radical (unpaired) electrons. The van der Waals surface area contributed by atoms with Gasteiger partial charge in [0.1, 0.15) is 5.75 Å². The van der Waals surface area contributed by atoms with Crippen LogP contribution in [0.3, 0.4) is 0 Å². The number of hydrogen-bond donors (Lipinski definition) is 1. The summed E-state index contributed by atoms with van der Waals surface area (Å²) in [6.45, 7) is 4.39. The van der Waals surface area contributed by atoms with Gasteiger partial charge in [-0.3, -0.25) is 0 Å². The Kier molecular flexibility index (Phi) is 6.03. The quantitative estimate of drug-likeness (QED) is 0.520. The van der Waals surface area contributed by atoms with Crippen LogP contribution in [0.1, 0.15) is 28.5 Å². The Bertz CT molecular complexity index is 1060. The van der Waals surface area contributed by atoms with Gasteiger partial charge >= 0.3 is 5.97 Å². The maximum Gasteiger partial charge on any atom is 0.340 e. The Hall–Kier alpha value is -2.02. The maximum absolute atomic E-state index is 12.9. The minimum absolute atomic E-state index is 0.120. The number of ether oxygens (including phenoxy) is 1. The highest BCUT2D eigenvalue weighted by Crippen LogP contribution is 2.41. The second kappa shape index (κ2) is 8.15. The zero-order valence-corrected chi connectivity index (χ0v) is 18.6. The number of nitrogens with zero attached hydrogens (tertiary/aromatic N) is 2. The average Bonchev–Trinajstić information content (AvgIpc) is 2.90. The first-order chi connectivity index (χ1) is 13.3. The molecule has 0 fully saturated rings. The monoisotopic (exact) mass is 464 g/mol. The Morgan fingerprint density at radius 2 is 2.04 bits per heavy atom. The maximum atomic E-state index is 12.9. The fourth-order valence-electron chi connectivity index (χ4n) is 3.48. The summed E-state index contributed by atoms with van der Waals surface area (Å²) in [7, 11) is 3.83. The molecule has 1 heterocycles. The fraction of sp³-hybridized carbons (Fsp3) is 0.286. The molecule has 0 aliphatic heterocycles. The summed E-state index contributed by atoms with van der Waals surface area (Å²) >= 11 is 9.67. The third kappa shape index (κ3) is 3.64. The molecule has 0 aliphatic rings. The predicted octanol–water partition coefficient (Wildman–Crippen LogP) is 5.30. The molecular formula is C21H22BrClN2O3. The zero-order valence-electron chi connectivity index (χ0n) is 16.2. The first-order valence-electron chi connectivity index (χ1n) is 8.89. The lowest BCUT2D eigenvalue weighted by Crippen LogP contribution is -2.12. The second-order valence-electron chi connectivity index (χ2n) is 6.81. The summed E-state index contributed by atoms with van der Waals surface area (Å²) < 4.78 is 7.87. The lowest BCUT2D eigenvalue weighted by molar-refractivity contribution is 0.0527. The lowest BCUT2D eigenvalue weighted by Gasteiger charge is -2.15. The Morgan fingerprint density at radius 1 is 1.32 bits per heavy atom. The summed E-state index contributed by atoms with van der Waals surface area (Å²) in [5.41, 5.74) is 3.48. The first-order valence-corrected chi connectivity index (χ1v) is 10.1. The van der Waals surface area contributed by atoms with Crippen molar-refractivity contribution in [2.45, 2.75) is 20.4 Å². The number of aromatic nitrogens is 1. The van der Waals surface area contributed by atoms with Crippen molar-refractivity contribution in [2.24, 2.45) is 0 Å². The highest BCUT2D eigenvalue weighted by molar-refractivity contribution is 9.10. The van der Waals surface area contributed by atoms with Crippen LogP contribution in [-0.4, -0.2) is 41.2 Å². The number of rotatable bonds is 5. The van der Waals surface area contributed by atoms with Crippen LogP contribution < -0.4 is 0 Å². The Labute approximate surface area is 177 Å². The molecule has 0 amide bonds. The highest BCUT2D eigenvalue weighted by Gasteiger charge is 2.27. The van der Waals surface area contributed by atoms with Gasteiger partial charge in [-0.2, -0.15) is 0 Å². The number of halogens is 2. The van der Waals surface area contributed by atoms with E-state index in [-0.39, 0.29) is 12.4 Å². The van der Waals surface area contributed by atoms with Crippen LogP contribution in [0.5, 0.6) is 5.75 Å². The molecule has 28 heavy (non-hydrogen) atoms. The van der Waals surface area contributed by atoms with Crippen molar-refractivity contribution in [1.82, 2.24) is 9.47 Å². The molecule has 1 N–H and O–H groups in total. The van der Waals surface area contributed by atoms with Gasteiger partial charge in [0.25, 0.3) is 0 Å². The largest absolute Gasteiger partial charge is 0.506 e. The van der Waals surface area contributed by atoms with Crippen molar-refractivity contribution in [3.63, 3.8) is 0 Å². The van der Waals surface area contributed by atoms with Gasteiger partial charge in [0.2, 0.25) is 0 Å². The summed E-state index contributed by atoms with van der Waals surface area (Å²) in [6, 6.07) is 9.26. The Morgan fingerprint density at radius 3 is 2.64 bits per heavy atom. The van der Waals surface area contributed by atoms with Crippen molar-refractivity contribution < 1.29 is 14.6 Å². The van der Waals surface area contributed by atoms with Crippen LogP contribution >= 0.6 is 27.5 Å². The molecule has 5 nitrogen and oxygen atoms in total. The highest BCUT2D eigenvalue weighted by atomic mass is 79.9. The van der Waals surface area contributed by atoms with Gasteiger partial charge in [0, 0.05) is 33.9 Å². The number of esters is 1. The SMILES string of the molecule is CCOC(=O)c1c(C)n(-c2cccc(Cl)c2)c2cc(Br)c(O)c(CN(C)C)c12. The van der Waals surface area contributed by atoms with Gasteiger partial charge in [0.05, 0.1) is 22.2 Å². The molecule has 3 aromatic rings. The normalized spacial score (nSPS) is 11.4. The standard InChI is InChI=1S/C21H22BrClN2O3/c1-5-28-21(27)18-12(2)25(14-8-6-7-13(23)9-14)17-10-16(22)20(26)15(19(17)18)11-24(3)4/h6-10,26H,5,11H2,1-4H3. The number of carbonyl (C=O) groups is 1. The van der Waals surface area contributed by atoms with Crippen molar-refractivity contribution in [2.75, 3.05) is 20.7 Å². The van der Waals surface area contributed by atoms with Crippen LogP contribution in [0.15, 0.2) is 34.8 Å². The number of aromatic hydroxyl groups is 1. The van der Waals surface area contributed by atoms with Crippen molar-refractivity contribution in [3.05, 3.63) is 56.6 Å². The van der Waals surface area contributed by atoms with Crippen LogP contribution in [-0.2, 0) is 11.3 Å². The summed E-state index contributed by atoms with van der Waals surface area (Å²) in [5.74, 6) is -0.289. The smallest absolute Gasteiger partial charge is 0.340 e. The molecule has 0 saturated carbocycles. The predicted molar refractivity (Wildman–Crippen MR) is 116 cm³/mol. The molecule has 0 bridgehead atoms. The van der Waals surface area contributed by atoms with Crippen LogP contribution in [0.4, 0.5) is 0 Å². The van der Waals surface area contributed by atoms with Gasteiger partial charge in [0.15, 0.2) is 0 Å². The van der Waals surface area contributed by atoms with E-state index < -0.39 is 5.97 Å². The van der Waals surface area contributed by atoms with Crippen molar-refractivity contribution >= 4 is 44.4 Å². The van der Waals surface area contributed by atoms with Gasteiger partial charge < -0.3 is 19.3 Å². The summed E-state index contributed by atoms with van der Waals surface area (Å²) in [4.78, 5) is 14.8. The van der Waals surface area contributed by atoms with E-state index in [4.69, 9.17) is 16.3 Å². The summed E-state index contributed by atoms with van der Waals surface area (Å²) in [5, 5.41) is 12.0. The molecule has 0 aliphatic carbocycles. The molecule has 7 heteroatoms. The Balaban J connectivity index is 2.47. The first kappa shape index (κ1) is 20.7. The van der Waals surface area contributed by atoms with E-state index >= 15 is 0 Å². The third-order valence-corrected chi connectivity index (χ3v) is 5.38. The minimum atomic E-state index is -0.410. The molecule has 0 atom stereocenters. The van der Waals surface area contributed by atoms with Crippen LogP contribution in [0.25, 0.3) is 16.6 Å². The molecule has 0 saturated heterocycles. The van der Waals surface area contributed by atoms with Gasteiger partial charge in [-0.1, -0.05) is 17.7 Å². The molecule has 0 unspecified atom stereocenters. The topological polar surface area (TPSA) is 54.7 Å². The van der Waals surface area contributed by atoms with E-state index in [0.717, 1.165) is 16.9 Å². The van der Waals surface area contributed by atoms with Gasteiger partial charge in [-0.05, 0) is 68.1 Å². The molecule has 2 aromatic carbocycles. The summed E-state index contributed by atoms with van der Waals surface area (Å²) in [6.07, 6.45) is 0. The molecular weight excluding hydrogens is 444 g/mol. The number of carbonyl (C=O) groups excluding carboxylic acids is 1. The van der Waals surface area contributed by atoms with Crippen LogP contribution in [0, 0.1) is 6.92 Å². The number of benzene rings is 2. The van der Waals surface area contributed by atoms with Crippen molar-refractivity contribution in [3.8, 4) is 11.4 Å².